The van der Waals surface area contributed by atoms with Crippen LogP contribution in [0.4, 0.5) is 10.2 Å². The molecule has 1 aliphatic rings. The summed E-state index contributed by atoms with van der Waals surface area (Å²) in [6, 6.07) is 3.32. The van der Waals surface area contributed by atoms with Crippen LogP contribution in [0.15, 0.2) is 23.3 Å². The van der Waals surface area contributed by atoms with Crippen molar-refractivity contribution in [3.63, 3.8) is 0 Å². The molecule has 1 aromatic heterocycles. The maximum absolute atomic E-state index is 13.9. The Labute approximate surface area is 151 Å². The van der Waals surface area contributed by atoms with Crippen molar-refractivity contribution in [2.24, 2.45) is 16.3 Å². The largest absolute Gasteiger partial charge is 0.356 e. The number of aliphatic imine (C=N–C) groups is 1. The number of nitrogens with zero attached hydrogens (tertiary/aromatic N) is 3. The molecule has 1 aliphatic heterocycles. The van der Waals surface area contributed by atoms with E-state index in [1.165, 1.54) is 6.07 Å². The van der Waals surface area contributed by atoms with Crippen LogP contribution >= 0.6 is 0 Å². The molecule has 1 atom stereocenters. The van der Waals surface area contributed by atoms with Crippen molar-refractivity contribution in [3.8, 4) is 0 Å². The zero-order chi connectivity index (χ0) is 18.4. The van der Waals surface area contributed by atoms with E-state index in [0.29, 0.717) is 11.7 Å². The van der Waals surface area contributed by atoms with Crippen LogP contribution in [-0.4, -0.2) is 43.7 Å². The van der Waals surface area contributed by atoms with Gasteiger partial charge < -0.3 is 15.5 Å². The van der Waals surface area contributed by atoms with Crippen molar-refractivity contribution in [1.29, 1.82) is 0 Å². The standard InChI is InChI=1S/C19H32FN5/c1-14(2)11-19(3,4)13-23-18(21-5)24-15-8-10-25(12-15)17-16(20)7-6-9-22-17/h6-7,9,14-15H,8,10-13H2,1-5H3,(H2,21,23,24). The maximum atomic E-state index is 13.9. The minimum Gasteiger partial charge on any atom is -0.356 e. The van der Waals surface area contributed by atoms with Crippen molar-refractivity contribution in [1.82, 2.24) is 15.6 Å². The summed E-state index contributed by atoms with van der Waals surface area (Å²) in [5.74, 6) is 1.66. The van der Waals surface area contributed by atoms with Gasteiger partial charge >= 0.3 is 0 Å². The van der Waals surface area contributed by atoms with Gasteiger partial charge in [0.05, 0.1) is 0 Å². The summed E-state index contributed by atoms with van der Waals surface area (Å²) in [6.07, 6.45) is 3.73. The van der Waals surface area contributed by atoms with Gasteiger partial charge in [-0.15, -0.1) is 0 Å². The molecule has 1 unspecified atom stereocenters. The Hall–Kier alpha value is -1.85. The van der Waals surface area contributed by atoms with E-state index in [4.69, 9.17) is 0 Å². The van der Waals surface area contributed by atoms with Gasteiger partial charge in [0.2, 0.25) is 0 Å². The van der Waals surface area contributed by atoms with Crippen molar-refractivity contribution < 1.29 is 4.39 Å². The van der Waals surface area contributed by atoms with E-state index in [1.54, 1.807) is 19.3 Å². The molecule has 1 aromatic rings. The van der Waals surface area contributed by atoms with Crippen LogP contribution in [0.5, 0.6) is 0 Å². The third-order valence-corrected chi connectivity index (χ3v) is 4.49. The summed E-state index contributed by atoms with van der Waals surface area (Å²) in [7, 11) is 1.79. The van der Waals surface area contributed by atoms with Gasteiger partial charge in [-0.2, -0.15) is 0 Å². The molecule has 0 aromatic carbocycles. The number of hydrogen-bond donors (Lipinski definition) is 2. The zero-order valence-corrected chi connectivity index (χ0v) is 16.1. The molecule has 1 fully saturated rings. The van der Waals surface area contributed by atoms with E-state index in [9.17, 15) is 4.39 Å². The van der Waals surface area contributed by atoms with Crippen LogP contribution in [0.2, 0.25) is 0 Å². The lowest BCUT2D eigenvalue weighted by atomic mass is 9.84. The summed E-state index contributed by atoms with van der Waals surface area (Å²) < 4.78 is 13.9. The molecule has 0 aliphatic carbocycles. The fraction of sp³-hybridized carbons (Fsp3) is 0.684. The molecule has 0 amide bonds. The van der Waals surface area contributed by atoms with Crippen molar-refractivity contribution in [3.05, 3.63) is 24.1 Å². The molecule has 0 saturated carbocycles. The summed E-state index contributed by atoms with van der Waals surface area (Å²) >= 11 is 0. The Morgan fingerprint density at radius 1 is 1.48 bits per heavy atom. The highest BCUT2D eigenvalue weighted by Crippen LogP contribution is 2.24. The first kappa shape index (κ1) is 19.5. The summed E-state index contributed by atoms with van der Waals surface area (Å²) in [6.45, 7) is 11.4. The quantitative estimate of drug-likeness (QED) is 0.612. The molecular formula is C19H32FN5. The molecule has 5 nitrogen and oxygen atoms in total. The first-order valence-corrected chi connectivity index (χ1v) is 9.13. The number of nitrogens with one attached hydrogen (secondary N) is 2. The number of guanidine groups is 1. The second-order valence-corrected chi connectivity index (χ2v) is 8.07. The third-order valence-electron chi connectivity index (χ3n) is 4.49. The molecule has 140 valence electrons. The van der Waals surface area contributed by atoms with E-state index < -0.39 is 0 Å². The van der Waals surface area contributed by atoms with Gasteiger partial charge in [-0.05, 0) is 36.3 Å². The molecule has 25 heavy (non-hydrogen) atoms. The normalized spacial score (nSPS) is 18.8. The first-order valence-electron chi connectivity index (χ1n) is 9.13. The fourth-order valence-corrected chi connectivity index (χ4v) is 3.57. The van der Waals surface area contributed by atoms with Crippen LogP contribution in [0.25, 0.3) is 0 Å². The highest BCUT2D eigenvalue weighted by molar-refractivity contribution is 5.80. The molecule has 0 radical (unpaired) electrons. The Morgan fingerprint density at radius 3 is 2.88 bits per heavy atom. The third kappa shape index (κ3) is 5.87. The number of aromatic nitrogens is 1. The van der Waals surface area contributed by atoms with Crippen LogP contribution in [-0.2, 0) is 0 Å². The van der Waals surface area contributed by atoms with Crippen molar-refractivity contribution in [2.75, 3.05) is 31.6 Å². The molecule has 1 saturated heterocycles. The van der Waals surface area contributed by atoms with Gasteiger partial charge in [-0.1, -0.05) is 27.7 Å². The van der Waals surface area contributed by atoms with Crippen molar-refractivity contribution >= 4 is 11.8 Å². The monoisotopic (exact) mass is 349 g/mol. The molecule has 6 heteroatoms. The first-order chi connectivity index (χ1) is 11.8. The maximum Gasteiger partial charge on any atom is 0.191 e. The van der Waals surface area contributed by atoms with E-state index in [2.05, 4.69) is 48.3 Å². The lowest BCUT2D eigenvalue weighted by Gasteiger charge is -2.28. The average Bonchev–Trinajstić information content (AvgIpc) is 2.99. The number of rotatable bonds is 6. The lowest BCUT2D eigenvalue weighted by molar-refractivity contribution is 0.286. The van der Waals surface area contributed by atoms with Gasteiger partial charge in [-0.3, -0.25) is 4.99 Å². The second kappa shape index (κ2) is 8.50. The Kier molecular flexibility index (Phi) is 6.62. The second-order valence-electron chi connectivity index (χ2n) is 8.07. The van der Waals surface area contributed by atoms with Crippen LogP contribution in [0, 0.1) is 17.2 Å². The van der Waals surface area contributed by atoms with Crippen molar-refractivity contribution in [2.45, 2.75) is 46.6 Å². The summed E-state index contributed by atoms with van der Waals surface area (Å²) in [5.41, 5.74) is 0.213. The minimum absolute atomic E-state index is 0.213. The summed E-state index contributed by atoms with van der Waals surface area (Å²) in [4.78, 5) is 10.5. The average molecular weight is 349 g/mol. The SMILES string of the molecule is CN=C(NCC(C)(C)CC(C)C)NC1CCN(c2ncccc2F)C1. The topological polar surface area (TPSA) is 52.6 Å². The lowest BCUT2D eigenvalue weighted by Crippen LogP contribution is -2.47. The molecule has 0 spiro atoms. The number of hydrogen-bond acceptors (Lipinski definition) is 3. The Bertz CT molecular complexity index is 585. The zero-order valence-electron chi connectivity index (χ0n) is 16.1. The molecule has 2 heterocycles. The van der Waals surface area contributed by atoms with Crippen LogP contribution < -0.4 is 15.5 Å². The number of anilines is 1. The van der Waals surface area contributed by atoms with Gasteiger partial charge in [0.15, 0.2) is 17.6 Å². The summed E-state index contributed by atoms with van der Waals surface area (Å²) in [5, 5.41) is 6.90. The predicted octanol–water partition coefficient (Wildman–Crippen LogP) is 3.04. The number of halogens is 1. The van der Waals surface area contributed by atoms with Gasteiger partial charge in [0.25, 0.3) is 0 Å². The van der Waals surface area contributed by atoms with Gasteiger partial charge in [0, 0.05) is 38.9 Å². The minimum atomic E-state index is -0.263. The highest BCUT2D eigenvalue weighted by Gasteiger charge is 2.26. The molecule has 2 rings (SSSR count). The van der Waals surface area contributed by atoms with E-state index >= 15 is 0 Å². The Balaban J connectivity index is 1.86. The Morgan fingerprint density at radius 2 is 2.24 bits per heavy atom. The smallest absolute Gasteiger partial charge is 0.191 e. The van der Waals surface area contributed by atoms with E-state index in [-0.39, 0.29) is 17.3 Å². The van der Waals surface area contributed by atoms with Gasteiger partial charge in [-0.25, -0.2) is 9.37 Å². The molecule has 0 bridgehead atoms. The van der Waals surface area contributed by atoms with Crippen LogP contribution in [0.1, 0.15) is 40.5 Å². The molecular weight excluding hydrogens is 317 g/mol. The molecule has 2 N–H and O–H groups in total. The van der Waals surface area contributed by atoms with Gasteiger partial charge in [0.1, 0.15) is 0 Å². The highest BCUT2D eigenvalue weighted by atomic mass is 19.1. The van der Waals surface area contributed by atoms with E-state index in [0.717, 1.165) is 38.4 Å². The van der Waals surface area contributed by atoms with E-state index in [1.807, 2.05) is 4.90 Å². The van der Waals surface area contributed by atoms with Crippen LogP contribution in [0.3, 0.4) is 0 Å². The predicted molar refractivity (Wildman–Crippen MR) is 103 cm³/mol. The fourth-order valence-electron chi connectivity index (χ4n) is 3.57. The number of pyridine rings is 1.